The van der Waals surface area contributed by atoms with Gasteiger partial charge in [0, 0.05) is 6.07 Å². The van der Waals surface area contributed by atoms with Gasteiger partial charge in [0.25, 0.3) is 0 Å². The first kappa shape index (κ1) is 12.7. The highest BCUT2D eigenvalue weighted by molar-refractivity contribution is 6.29. The van der Waals surface area contributed by atoms with Gasteiger partial charge in [-0.05, 0) is 6.07 Å². The highest BCUT2D eigenvalue weighted by atomic mass is 35.5. The quantitative estimate of drug-likeness (QED) is 0.347. The summed E-state index contributed by atoms with van der Waals surface area (Å²) in [5, 5.41) is 28.0. The van der Waals surface area contributed by atoms with Crippen LogP contribution in [0.5, 0.6) is 0 Å². The van der Waals surface area contributed by atoms with E-state index in [0.717, 1.165) is 0 Å². The Kier molecular flexibility index (Phi) is 4.21. The minimum atomic E-state index is -0.638. The van der Waals surface area contributed by atoms with Crippen LogP contribution in [0.1, 0.15) is 0 Å². The van der Waals surface area contributed by atoms with Crippen LogP contribution in [0.4, 0.5) is 11.5 Å². The molecule has 0 bridgehead atoms. The molecule has 0 N–H and O–H groups in total. The molecule has 0 aliphatic rings. The fraction of sp³-hybridized carbons (Fsp3) is 0.222. The van der Waals surface area contributed by atoms with Gasteiger partial charge in [0.05, 0.1) is 17.1 Å². The van der Waals surface area contributed by atoms with Crippen molar-refractivity contribution in [2.75, 3.05) is 18.0 Å². The minimum Gasteiger partial charge on any atom is -0.324 e. The summed E-state index contributed by atoms with van der Waals surface area (Å²) in [5.41, 5.74) is -0.292. The number of nitrogens with zero attached hydrogens (tertiary/aromatic N) is 5. The van der Waals surface area contributed by atoms with E-state index in [1.807, 2.05) is 0 Å². The van der Waals surface area contributed by atoms with Crippen molar-refractivity contribution in [1.82, 2.24) is 4.98 Å². The van der Waals surface area contributed by atoms with Crippen molar-refractivity contribution in [3.05, 3.63) is 27.4 Å². The SMILES string of the molecule is N#CCN(CC#N)c1nc(Cl)ccc1[N+](=O)[O-]. The van der Waals surface area contributed by atoms with Crippen molar-refractivity contribution in [2.24, 2.45) is 0 Å². The number of nitriles is 2. The largest absolute Gasteiger partial charge is 0.324 e. The summed E-state index contributed by atoms with van der Waals surface area (Å²) in [5.74, 6) is -0.0781. The Hall–Kier alpha value is -2.38. The van der Waals surface area contributed by atoms with Crippen molar-refractivity contribution >= 4 is 23.1 Å². The molecule has 0 unspecified atom stereocenters. The fourth-order valence-electron chi connectivity index (χ4n) is 1.17. The third-order valence-electron chi connectivity index (χ3n) is 1.84. The zero-order valence-electron chi connectivity index (χ0n) is 8.50. The maximum Gasteiger partial charge on any atom is 0.311 e. The second-order valence-electron chi connectivity index (χ2n) is 2.91. The van der Waals surface area contributed by atoms with E-state index in [1.165, 1.54) is 17.0 Å². The van der Waals surface area contributed by atoms with Crippen LogP contribution < -0.4 is 4.90 Å². The third-order valence-corrected chi connectivity index (χ3v) is 2.05. The van der Waals surface area contributed by atoms with Crippen LogP contribution >= 0.6 is 11.6 Å². The molecule has 0 spiro atoms. The maximum absolute atomic E-state index is 10.8. The van der Waals surface area contributed by atoms with Gasteiger partial charge in [0.1, 0.15) is 18.2 Å². The highest BCUT2D eigenvalue weighted by Crippen LogP contribution is 2.27. The summed E-state index contributed by atoms with van der Waals surface area (Å²) in [7, 11) is 0. The summed E-state index contributed by atoms with van der Waals surface area (Å²) in [4.78, 5) is 15.1. The van der Waals surface area contributed by atoms with E-state index in [0.29, 0.717) is 0 Å². The molecule has 0 radical (unpaired) electrons. The number of hydrogen-bond acceptors (Lipinski definition) is 6. The van der Waals surface area contributed by atoms with Crippen LogP contribution in [0.25, 0.3) is 0 Å². The average molecular weight is 252 g/mol. The normalized spacial score (nSPS) is 9.12. The Morgan fingerprint density at radius 1 is 1.41 bits per heavy atom. The van der Waals surface area contributed by atoms with Crippen molar-refractivity contribution < 1.29 is 4.92 Å². The van der Waals surface area contributed by atoms with Crippen molar-refractivity contribution in [3.63, 3.8) is 0 Å². The molecule has 0 atom stereocenters. The van der Waals surface area contributed by atoms with Crippen molar-refractivity contribution in [2.45, 2.75) is 0 Å². The monoisotopic (exact) mass is 251 g/mol. The number of nitro groups is 1. The van der Waals surface area contributed by atoms with Crippen LogP contribution in [-0.4, -0.2) is 23.0 Å². The van der Waals surface area contributed by atoms with Gasteiger partial charge in [-0.2, -0.15) is 10.5 Å². The lowest BCUT2D eigenvalue weighted by molar-refractivity contribution is -0.384. The Morgan fingerprint density at radius 3 is 2.47 bits per heavy atom. The number of aromatic nitrogens is 1. The topological polar surface area (TPSA) is 107 Å². The number of halogens is 1. The van der Waals surface area contributed by atoms with E-state index < -0.39 is 4.92 Å². The minimum absolute atomic E-state index is 0.0616. The summed E-state index contributed by atoms with van der Waals surface area (Å²) in [6, 6.07) is 6.08. The Morgan fingerprint density at radius 2 is 2.00 bits per heavy atom. The summed E-state index contributed by atoms with van der Waals surface area (Å²) in [6.45, 7) is -0.358. The van der Waals surface area contributed by atoms with Crippen LogP contribution in [-0.2, 0) is 0 Å². The van der Waals surface area contributed by atoms with E-state index in [9.17, 15) is 10.1 Å². The Balaban J connectivity index is 3.25. The van der Waals surface area contributed by atoms with E-state index in [2.05, 4.69) is 4.98 Å². The summed E-state index contributed by atoms with van der Waals surface area (Å²) in [6.07, 6.45) is 0. The molecule has 0 aromatic carbocycles. The van der Waals surface area contributed by atoms with Gasteiger partial charge in [-0.15, -0.1) is 0 Å². The van der Waals surface area contributed by atoms with Crippen LogP contribution in [0, 0.1) is 32.8 Å². The van der Waals surface area contributed by atoms with Crippen molar-refractivity contribution in [3.8, 4) is 12.1 Å². The van der Waals surface area contributed by atoms with Gasteiger partial charge < -0.3 is 4.90 Å². The molecule has 7 nitrogen and oxygen atoms in total. The second-order valence-corrected chi connectivity index (χ2v) is 3.29. The molecule has 17 heavy (non-hydrogen) atoms. The van der Waals surface area contributed by atoms with Gasteiger partial charge in [-0.3, -0.25) is 10.1 Å². The lowest BCUT2D eigenvalue weighted by Gasteiger charge is -2.16. The molecule has 1 rings (SSSR count). The van der Waals surface area contributed by atoms with E-state index in [4.69, 9.17) is 22.1 Å². The summed E-state index contributed by atoms with van der Waals surface area (Å²) < 4.78 is 0. The second kappa shape index (κ2) is 5.64. The summed E-state index contributed by atoms with van der Waals surface area (Å²) >= 11 is 5.64. The zero-order valence-corrected chi connectivity index (χ0v) is 9.26. The molecule has 8 heteroatoms. The van der Waals surface area contributed by atoms with Gasteiger partial charge in [0.2, 0.25) is 5.82 Å². The molecule has 0 aliphatic heterocycles. The molecule has 0 saturated carbocycles. The van der Waals surface area contributed by atoms with Crippen LogP contribution in [0.15, 0.2) is 12.1 Å². The van der Waals surface area contributed by atoms with Crippen LogP contribution in [0.3, 0.4) is 0 Å². The molecule has 1 aromatic heterocycles. The van der Waals surface area contributed by atoms with E-state index >= 15 is 0 Å². The highest BCUT2D eigenvalue weighted by Gasteiger charge is 2.21. The lowest BCUT2D eigenvalue weighted by atomic mass is 10.3. The molecule has 86 valence electrons. The predicted molar refractivity (Wildman–Crippen MR) is 59.3 cm³/mol. The maximum atomic E-state index is 10.8. The number of hydrogen-bond donors (Lipinski definition) is 0. The zero-order chi connectivity index (χ0) is 12.8. The third kappa shape index (κ3) is 3.03. The van der Waals surface area contributed by atoms with Crippen molar-refractivity contribution in [1.29, 1.82) is 10.5 Å². The molecule has 0 amide bonds. The molecule has 1 heterocycles. The molecule has 0 fully saturated rings. The Labute approximate surface area is 102 Å². The first-order chi connectivity index (χ1) is 8.10. The van der Waals surface area contributed by atoms with Crippen LogP contribution in [0.2, 0.25) is 5.15 Å². The smallest absolute Gasteiger partial charge is 0.311 e. The Bertz CT molecular complexity index is 503. The standard InChI is InChI=1S/C9H6ClN5O2/c10-8-2-1-7(15(16)17)9(13-8)14(5-3-11)6-4-12/h1-2H,5-6H2. The van der Waals surface area contributed by atoms with E-state index in [-0.39, 0.29) is 29.7 Å². The van der Waals surface area contributed by atoms with Gasteiger partial charge in [-0.1, -0.05) is 11.6 Å². The van der Waals surface area contributed by atoms with E-state index in [1.54, 1.807) is 12.1 Å². The molecule has 0 aliphatic carbocycles. The molecular formula is C9H6ClN5O2. The number of anilines is 1. The predicted octanol–water partition coefficient (Wildman–Crippen LogP) is 1.50. The van der Waals surface area contributed by atoms with Gasteiger partial charge in [-0.25, -0.2) is 4.98 Å². The van der Waals surface area contributed by atoms with Gasteiger partial charge >= 0.3 is 5.69 Å². The number of pyridine rings is 1. The molecule has 0 saturated heterocycles. The fourth-order valence-corrected chi connectivity index (χ4v) is 1.31. The first-order valence-corrected chi connectivity index (χ1v) is 4.77. The number of rotatable bonds is 4. The first-order valence-electron chi connectivity index (χ1n) is 4.40. The molecular weight excluding hydrogens is 246 g/mol. The van der Waals surface area contributed by atoms with Gasteiger partial charge in [0.15, 0.2) is 0 Å². The molecule has 1 aromatic rings. The average Bonchev–Trinajstić information content (AvgIpc) is 2.28. The lowest BCUT2D eigenvalue weighted by Crippen LogP contribution is -2.25.